The highest BCUT2D eigenvalue weighted by Gasteiger charge is 2.11. The summed E-state index contributed by atoms with van der Waals surface area (Å²) >= 11 is 0. The first kappa shape index (κ1) is 8.64. The summed E-state index contributed by atoms with van der Waals surface area (Å²) in [5.74, 6) is -0.433. The number of nitrogens with zero attached hydrogens (tertiary/aromatic N) is 1. The molecule has 0 radical (unpaired) electrons. The Morgan fingerprint density at radius 2 is 2.25 bits per heavy atom. The number of nitro benzene ring substituents is 1. The third-order valence-electron chi connectivity index (χ3n) is 1.62. The molecule has 0 spiro atoms. The van der Waals surface area contributed by atoms with Crippen molar-refractivity contribution < 1.29 is 9.31 Å². The van der Waals surface area contributed by atoms with Crippen molar-refractivity contribution in [2.45, 2.75) is 13.3 Å². The topological polar surface area (TPSA) is 43.1 Å². The van der Waals surface area contributed by atoms with Gasteiger partial charge in [-0.3, -0.25) is 10.1 Å². The van der Waals surface area contributed by atoms with Gasteiger partial charge in [-0.05, 0) is 18.6 Å². The van der Waals surface area contributed by atoms with E-state index in [0.29, 0.717) is 12.0 Å². The molecule has 0 atom stereocenters. The average molecular weight is 169 g/mol. The lowest BCUT2D eigenvalue weighted by molar-refractivity contribution is -0.385. The van der Waals surface area contributed by atoms with Gasteiger partial charge in [0.15, 0.2) is 0 Å². The normalized spacial score (nSPS) is 9.83. The Kier molecular flexibility index (Phi) is 2.38. The average Bonchev–Trinajstić information content (AvgIpc) is 2.03. The van der Waals surface area contributed by atoms with E-state index in [-0.39, 0.29) is 5.69 Å². The lowest BCUT2D eigenvalue weighted by atomic mass is 10.1. The van der Waals surface area contributed by atoms with E-state index in [4.69, 9.17) is 0 Å². The SMILES string of the molecule is CCc1cc(F)ccc1[N+](=O)[O-]. The number of halogens is 1. The van der Waals surface area contributed by atoms with Gasteiger partial charge in [-0.15, -0.1) is 0 Å². The number of benzene rings is 1. The van der Waals surface area contributed by atoms with Crippen LogP contribution < -0.4 is 0 Å². The van der Waals surface area contributed by atoms with Crippen molar-refractivity contribution in [3.63, 3.8) is 0 Å². The standard InChI is InChI=1S/C8H8FNO2/c1-2-6-5-7(9)3-4-8(6)10(11)12/h3-5H,2H2,1H3. The molecular weight excluding hydrogens is 161 g/mol. The predicted molar refractivity (Wildman–Crippen MR) is 42.4 cm³/mol. The summed E-state index contributed by atoms with van der Waals surface area (Å²) in [6, 6.07) is 3.48. The van der Waals surface area contributed by atoms with E-state index in [2.05, 4.69) is 0 Å². The smallest absolute Gasteiger partial charge is 0.258 e. The molecule has 0 heterocycles. The fraction of sp³-hybridized carbons (Fsp3) is 0.250. The predicted octanol–water partition coefficient (Wildman–Crippen LogP) is 2.30. The molecule has 0 bridgehead atoms. The van der Waals surface area contributed by atoms with Gasteiger partial charge in [0.1, 0.15) is 5.82 Å². The van der Waals surface area contributed by atoms with Gasteiger partial charge in [-0.25, -0.2) is 4.39 Å². The zero-order valence-electron chi connectivity index (χ0n) is 6.58. The van der Waals surface area contributed by atoms with Crippen molar-refractivity contribution >= 4 is 5.69 Å². The summed E-state index contributed by atoms with van der Waals surface area (Å²) in [6.07, 6.45) is 0.466. The Morgan fingerprint density at radius 3 is 2.75 bits per heavy atom. The van der Waals surface area contributed by atoms with Gasteiger partial charge in [0.05, 0.1) is 4.92 Å². The highest BCUT2D eigenvalue weighted by Crippen LogP contribution is 2.19. The second-order valence-electron chi connectivity index (χ2n) is 2.38. The molecule has 4 heteroatoms. The molecule has 64 valence electrons. The zero-order valence-corrected chi connectivity index (χ0v) is 6.58. The Balaban J connectivity index is 3.20. The molecule has 0 fully saturated rings. The van der Waals surface area contributed by atoms with E-state index in [1.165, 1.54) is 12.1 Å². The van der Waals surface area contributed by atoms with E-state index in [1.807, 2.05) is 0 Å². The lowest BCUT2D eigenvalue weighted by Gasteiger charge is -1.98. The first-order valence-corrected chi connectivity index (χ1v) is 3.58. The highest BCUT2D eigenvalue weighted by molar-refractivity contribution is 5.40. The minimum absolute atomic E-state index is 0.0149. The van der Waals surface area contributed by atoms with Gasteiger partial charge in [0.25, 0.3) is 5.69 Å². The maximum Gasteiger partial charge on any atom is 0.272 e. The third-order valence-corrected chi connectivity index (χ3v) is 1.62. The van der Waals surface area contributed by atoms with Crippen LogP contribution in [0.2, 0.25) is 0 Å². The van der Waals surface area contributed by atoms with Crippen molar-refractivity contribution in [2.75, 3.05) is 0 Å². The maximum atomic E-state index is 12.6. The van der Waals surface area contributed by atoms with Crippen LogP contribution in [-0.2, 0) is 6.42 Å². The van der Waals surface area contributed by atoms with Crippen molar-refractivity contribution in [1.82, 2.24) is 0 Å². The molecule has 0 aliphatic rings. The maximum absolute atomic E-state index is 12.6. The molecule has 0 aromatic heterocycles. The van der Waals surface area contributed by atoms with Crippen molar-refractivity contribution in [3.05, 3.63) is 39.7 Å². The molecule has 0 saturated carbocycles. The number of aryl methyl sites for hydroxylation is 1. The van der Waals surface area contributed by atoms with Crippen molar-refractivity contribution in [1.29, 1.82) is 0 Å². The number of hydrogen-bond donors (Lipinski definition) is 0. The van der Waals surface area contributed by atoms with Gasteiger partial charge >= 0.3 is 0 Å². The van der Waals surface area contributed by atoms with E-state index >= 15 is 0 Å². The first-order chi connectivity index (χ1) is 5.65. The summed E-state index contributed by atoms with van der Waals surface area (Å²) in [7, 11) is 0. The Morgan fingerprint density at radius 1 is 1.58 bits per heavy atom. The van der Waals surface area contributed by atoms with Crippen LogP contribution in [0.4, 0.5) is 10.1 Å². The minimum atomic E-state index is -0.502. The van der Waals surface area contributed by atoms with Crippen molar-refractivity contribution in [3.8, 4) is 0 Å². The van der Waals surface area contributed by atoms with Crippen LogP contribution in [0.25, 0.3) is 0 Å². The van der Waals surface area contributed by atoms with Crippen LogP contribution in [0.15, 0.2) is 18.2 Å². The molecule has 0 aliphatic carbocycles. The third kappa shape index (κ3) is 1.58. The largest absolute Gasteiger partial charge is 0.272 e. The monoisotopic (exact) mass is 169 g/mol. The van der Waals surface area contributed by atoms with Gasteiger partial charge in [-0.2, -0.15) is 0 Å². The van der Waals surface area contributed by atoms with Gasteiger partial charge < -0.3 is 0 Å². The minimum Gasteiger partial charge on any atom is -0.258 e. The van der Waals surface area contributed by atoms with Gasteiger partial charge in [-0.1, -0.05) is 6.92 Å². The fourth-order valence-electron chi connectivity index (χ4n) is 1.02. The lowest BCUT2D eigenvalue weighted by Crippen LogP contribution is -1.94. The summed E-state index contributed by atoms with van der Waals surface area (Å²) in [6.45, 7) is 1.75. The van der Waals surface area contributed by atoms with Crippen LogP contribution in [0.3, 0.4) is 0 Å². The summed E-state index contributed by atoms with van der Waals surface area (Å²) in [5.41, 5.74) is 0.416. The van der Waals surface area contributed by atoms with Gasteiger partial charge in [0.2, 0.25) is 0 Å². The summed E-state index contributed by atoms with van der Waals surface area (Å²) in [4.78, 5) is 9.87. The Labute approximate surface area is 69.0 Å². The summed E-state index contributed by atoms with van der Waals surface area (Å²) in [5, 5.41) is 10.4. The molecule has 0 unspecified atom stereocenters. The molecule has 0 N–H and O–H groups in total. The Hall–Kier alpha value is -1.45. The zero-order chi connectivity index (χ0) is 9.14. The van der Waals surface area contributed by atoms with Gasteiger partial charge in [0, 0.05) is 11.6 Å². The second kappa shape index (κ2) is 3.30. The van der Waals surface area contributed by atoms with E-state index in [1.54, 1.807) is 6.92 Å². The number of rotatable bonds is 2. The summed E-state index contributed by atoms with van der Waals surface area (Å²) < 4.78 is 12.6. The fourth-order valence-corrected chi connectivity index (χ4v) is 1.02. The van der Waals surface area contributed by atoms with E-state index in [9.17, 15) is 14.5 Å². The molecule has 12 heavy (non-hydrogen) atoms. The van der Waals surface area contributed by atoms with E-state index in [0.717, 1.165) is 6.07 Å². The highest BCUT2D eigenvalue weighted by atomic mass is 19.1. The number of hydrogen-bond acceptors (Lipinski definition) is 2. The second-order valence-corrected chi connectivity index (χ2v) is 2.38. The Bertz CT molecular complexity index is 312. The first-order valence-electron chi connectivity index (χ1n) is 3.58. The van der Waals surface area contributed by atoms with Crippen LogP contribution >= 0.6 is 0 Å². The van der Waals surface area contributed by atoms with Crippen LogP contribution in [0, 0.1) is 15.9 Å². The number of nitro groups is 1. The molecule has 3 nitrogen and oxygen atoms in total. The van der Waals surface area contributed by atoms with Crippen LogP contribution in [0.1, 0.15) is 12.5 Å². The van der Waals surface area contributed by atoms with E-state index < -0.39 is 10.7 Å². The molecular formula is C8H8FNO2. The molecule has 1 aromatic carbocycles. The van der Waals surface area contributed by atoms with Crippen LogP contribution in [0.5, 0.6) is 0 Å². The molecule has 1 aromatic rings. The molecule has 1 rings (SSSR count). The van der Waals surface area contributed by atoms with Crippen molar-refractivity contribution in [2.24, 2.45) is 0 Å². The van der Waals surface area contributed by atoms with Crippen LogP contribution in [-0.4, -0.2) is 4.92 Å². The molecule has 0 saturated heterocycles. The quantitative estimate of drug-likeness (QED) is 0.503. The molecule has 0 amide bonds. The molecule has 0 aliphatic heterocycles.